The van der Waals surface area contributed by atoms with Crippen LogP contribution >= 0.6 is 11.8 Å². The number of pyridine rings is 1. The van der Waals surface area contributed by atoms with E-state index >= 15 is 0 Å². The van der Waals surface area contributed by atoms with E-state index < -0.39 is 60.3 Å². The first kappa shape index (κ1) is 32.1. The number of rotatable bonds is 6. The van der Waals surface area contributed by atoms with Crippen LogP contribution in [0.2, 0.25) is 0 Å². The fourth-order valence-corrected chi connectivity index (χ4v) is 5.35. The molecule has 3 N–H and O–H groups in total. The van der Waals surface area contributed by atoms with Gasteiger partial charge in [-0.3, -0.25) is 5.43 Å². The number of benzene rings is 1. The van der Waals surface area contributed by atoms with Gasteiger partial charge in [0.2, 0.25) is 0 Å². The Morgan fingerprint density at radius 3 is 2.57 bits per heavy atom. The highest BCUT2D eigenvalue weighted by atomic mass is 32.2. The second-order valence-electron chi connectivity index (χ2n) is 11.2. The van der Waals surface area contributed by atoms with E-state index in [0.29, 0.717) is 4.90 Å². The minimum Gasteiger partial charge on any atom is -0.443 e. The van der Waals surface area contributed by atoms with E-state index in [-0.39, 0.29) is 23.9 Å². The second-order valence-corrected chi connectivity index (χ2v) is 12.1. The molecule has 16 heteroatoms. The lowest BCUT2D eigenvalue weighted by Gasteiger charge is -2.48. The molecular formula is C28H33F3N6O6S. The molecule has 0 saturated carbocycles. The molecule has 2 aliphatic heterocycles. The minimum absolute atomic E-state index is 0.00248. The Balaban J connectivity index is 1.51. The van der Waals surface area contributed by atoms with Crippen molar-refractivity contribution in [1.29, 1.82) is 0 Å². The highest BCUT2D eigenvalue weighted by molar-refractivity contribution is 7.98. The predicted octanol–water partition coefficient (Wildman–Crippen LogP) is 4.02. The molecule has 2 aliphatic rings. The number of aliphatic hydroxyl groups excluding tert-OH is 1. The predicted molar refractivity (Wildman–Crippen MR) is 151 cm³/mol. The Labute approximate surface area is 255 Å². The van der Waals surface area contributed by atoms with Gasteiger partial charge in [-0.25, -0.2) is 24.9 Å². The molecule has 2 fully saturated rings. The van der Waals surface area contributed by atoms with Crippen LogP contribution in [0, 0.1) is 6.92 Å². The monoisotopic (exact) mass is 638 g/mol. The summed E-state index contributed by atoms with van der Waals surface area (Å²) in [6, 6.07) is 9.36. The maximum absolute atomic E-state index is 14.1. The summed E-state index contributed by atoms with van der Waals surface area (Å²) in [4.78, 5) is 21.0. The zero-order chi connectivity index (χ0) is 31.8. The van der Waals surface area contributed by atoms with Gasteiger partial charge in [0.05, 0.1) is 18.3 Å². The minimum atomic E-state index is -4.81. The second kappa shape index (κ2) is 12.6. The third-order valence-electron chi connectivity index (χ3n) is 6.79. The van der Waals surface area contributed by atoms with E-state index in [4.69, 9.17) is 18.9 Å². The molecule has 5 rings (SSSR count). The van der Waals surface area contributed by atoms with E-state index in [0.717, 1.165) is 16.4 Å². The number of carbonyl (C=O) groups is 1. The van der Waals surface area contributed by atoms with E-state index in [2.05, 4.69) is 25.9 Å². The van der Waals surface area contributed by atoms with Crippen molar-refractivity contribution in [2.75, 3.05) is 12.9 Å². The van der Waals surface area contributed by atoms with Crippen LogP contribution in [-0.2, 0) is 25.1 Å². The molecule has 0 aliphatic carbocycles. The van der Waals surface area contributed by atoms with Gasteiger partial charge < -0.3 is 24.1 Å². The normalized spacial score (nSPS) is 25.8. The van der Waals surface area contributed by atoms with Gasteiger partial charge in [-0.15, -0.1) is 11.8 Å². The average molecular weight is 639 g/mol. The number of ether oxygens (including phenoxy) is 4. The van der Waals surface area contributed by atoms with Crippen molar-refractivity contribution >= 4 is 17.9 Å². The van der Waals surface area contributed by atoms with Gasteiger partial charge in [-0.05, 0) is 40.0 Å². The number of amides is 1. The summed E-state index contributed by atoms with van der Waals surface area (Å²) >= 11 is 1.21. The number of hydrogen-bond donors (Lipinski definition) is 3. The quantitative estimate of drug-likeness (QED) is 0.266. The zero-order valence-electron chi connectivity index (χ0n) is 24.5. The molecule has 1 aromatic carbocycles. The first-order chi connectivity index (χ1) is 20.7. The maximum atomic E-state index is 14.1. The van der Waals surface area contributed by atoms with Crippen LogP contribution in [0.3, 0.4) is 0 Å². The third kappa shape index (κ3) is 7.00. The molecule has 44 heavy (non-hydrogen) atoms. The lowest BCUT2D eigenvalue weighted by molar-refractivity contribution is -0.313. The van der Waals surface area contributed by atoms with Gasteiger partial charge in [-0.1, -0.05) is 30.3 Å². The van der Waals surface area contributed by atoms with Crippen molar-refractivity contribution in [2.45, 2.75) is 81.1 Å². The Hall–Kier alpha value is -3.28. The molecule has 0 radical (unpaired) electrons. The van der Waals surface area contributed by atoms with E-state index in [1.165, 1.54) is 24.8 Å². The zero-order valence-corrected chi connectivity index (χ0v) is 25.3. The number of carbonyl (C=O) groups excluding carboxylic acids is 1. The van der Waals surface area contributed by atoms with Gasteiger partial charge >= 0.3 is 12.3 Å². The molecule has 1 amide bonds. The average Bonchev–Trinajstić information content (AvgIpc) is 3.36. The lowest BCUT2D eigenvalue weighted by atomic mass is 9.91. The fraction of sp³-hybridized carbons (Fsp3) is 0.500. The van der Waals surface area contributed by atoms with Gasteiger partial charge in [0.1, 0.15) is 35.8 Å². The highest BCUT2D eigenvalue weighted by Gasteiger charge is 2.52. The number of aliphatic hydroxyl groups is 1. The maximum Gasteiger partial charge on any atom is 0.435 e. The van der Waals surface area contributed by atoms with Crippen LogP contribution < -0.4 is 10.9 Å². The SMILES string of the molecule is CSc1cnc(C(F)(F)F)c(-n2nc(C)nc2C2OC3COC(c4ccccc4)OC3C(NNC(=O)OC(C)(C)C)C2O)c1. The highest BCUT2D eigenvalue weighted by Crippen LogP contribution is 2.40. The number of hydrazine groups is 1. The Kier molecular flexibility index (Phi) is 9.21. The summed E-state index contributed by atoms with van der Waals surface area (Å²) < 4.78 is 66.9. The molecule has 6 unspecified atom stereocenters. The summed E-state index contributed by atoms with van der Waals surface area (Å²) in [5.74, 6) is 0.0329. The number of nitrogens with one attached hydrogen (secondary N) is 2. The largest absolute Gasteiger partial charge is 0.443 e. The standard InChI is InChI=1S/C28H33F3N6O6S/c1-14-33-24(37(36-14)17-11-16(44-5)12-32-23(17)28(29,30)31)22-20(38)19(34-35-26(39)43-27(2,3)4)21-18(41-22)13-40-25(42-21)15-9-7-6-8-10-15/h6-12,18-22,25,34,38H,13H2,1-5H3,(H,35,39). The van der Waals surface area contributed by atoms with Crippen LogP contribution in [0.5, 0.6) is 0 Å². The smallest absolute Gasteiger partial charge is 0.435 e. The van der Waals surface area contributed by atoms with Crippen molar-refractivity contribution < 1.29 is 42.0 Å². The number of nitrogens with zero attached hydrogens (tertiary/aromatic N) is 4. The van der Waals surface area contributed by atoms with Crippen molar-refractivity contribution in [1.82, 2.24) is 30.6 Å². The lowest BCUT2D eigenvalue weighted by Crippen LogP contribution is -2.66. The number of fused-ring (bicyclic) bond motifs is 1. The van der Waals surface area contributed by atoms with Crippen molar-refractivity contribution in [3.8, 4) is 5.69 Å². The Morgan fingerprint density at radius 1 is 1.18 bits per heavy atom. The number of hydrogen-bond acceptors (Lipinski definition) is 11. The Bertz CT molecular complexity index is 1470. The summed E-state index contributed by atoms with van der Waals surface area (Å²) in [6.45, 7) is 6.59. The molecule has 3 aromatic rings. The van der Waals surface area contributed by atoms with Crippen LogP contribution in [0.1, 0.15) is 56.1 Å². The third-order valence-corrected chi connectivity index (χ3v) is 7.49. The van der Waals surface area contributed by atoms with E-state index in [9.17, 15) is 23.1 Å². The molecule has 2 saturated heterocycles. The molecule has 238 valence electrons. The van der Waals surface area contributed by atoms with E-state index in [1.54, 1.807) is 27.0 Å². The summed E-state index contributed by atoms with van der Waals surface area (Å²) in [5, 5.41) is 15.9. The summed E-state index contributed by atoms with van der Waals surface area (Å²) in [6.07, 6.45) is -8.14. The number of thioether (sulfide) groups is 1. The van der Waals surface area contributed by atoms with Gasteiger partial charge in [0, 0.05) is 16.7 Å². The van der Waals surface area contributed by atoms with Gasteiger partial charge in [-0.2, -0.15) is 18.3 Å². The first-order valence-corrected chi connectivity index (χ1v) is 14.9. The first-order valence-electron chi connectivity index (χ1n) is 13.7. The Morgan fingerprint density at radius 2 is 1.91 bits per heavy atom. The van der Waals surface area contributed by atoms with Crippen LogP contribution in [0.15, 0.2) is 47.5 Å². The van der Waals surface area contributed by atoms with Crippen LogP contribution in [0.4, 0.5) is 18.0 Å². The topological polar surface area (TPSA) is 142 Å². The fourth-order valence-electron chi connectivity index (χ4n) is 4.96. The molecule has 6 atom stereocenters. The molecule has 12 nitrogen and oxygen atoms in total. The number of aromatic nitrogens is 4. The van der Waals surface area contributed by atoms with Crippen molar-refractivity contribution in [2.24, 2.45) is 0 Å². The van der Waals surface area contributed by atoms with Crippen LogP contribution in [-0.4, -0.2) is 73.8 Å². The molecular weight excluding hydrogens is 605 g/mol. The summed E-state index contributed by atoms with van der Waals surface area (Å²) in [5.41, 5.74) is 3.60. The summed E-state index contributed by atoms with van der Waals surface area (Å²) in [7, 11) is 0. The molecule has 4 heterocycles. The van der Waals surface area contributed by atoms with Crippen molar-refractivity contribution in [3.05, 3.63) is 65.5 Å². The van der Waals surface area contributed by atoms with Crippen LogP contribution in [0.25, 0.3) is 5.69 Å². The van der Waals surface area contributed by atoms with Gasteiger partial charge in [0.15, 0.2) is 17.8 Å². The van der Waals surface area contributed by atoms with Crippen molar-refractivity contribution in [3.63, 3.8) is 0 Å². The van der Waals surface area contributed by atoms with Gasteiger partial charge in [0.25, 0.3) is 0 Å². The number of halogens is 3. The van der Waals surface area contributed by atoms with E-state index in [1.807, 2.05) is 30.3 Å². The number of alkyl halides is 3. The number of aryl methyl sites for hydroxylation is 1. The molecule has 2 aromatic heterocycles. The molecule has 0 bridgehead atoms. The molecule has 0 spiro atoms.